The number of aromatic nitrogens is 3. The molecule has 5 nitrogen and oxygen atoms in total. The van der Waals surface area contributed by atoms with Crippen LogP contribution in [0, 0.1) is 6.92 Å². The maximum Gasteiger partial charge on any atom is 0.192 e. The van der Waals surface area contributed by atoms with E-state index in [4.69, 9.17) is 16.7 Å². The molecule has 0 amide bonds. The molecule has 2 aromatic carbocycles. The Bertz CT molecular complexity index is 1400. The highest BCUT2D eigenvalue weighted by Crippen LogP contribution is 2.51. The van der Waals surface area contributed by atoms with Gasteiger partial charge in [0.1, 0.15) is 5.82 Å². The minimum atomic E-state index is -0.322. The SMILES string of the molecule is Cc1nn(-c2ccccn2)c2c1[C@H](c1ccccc1Cl)C1=C(N2)c2ccccc2C1=O. The number of carbonyl (C=O) groups is 1. The molecule has 0 bridgehead atoms. The molecule has 3 heterocycles. The van der Waals surface area contributed by atoms with Crippen LogP contribution in [-0.2, 0) is 0 Å². The number of nitrogens with zero attached hydrogens (tertiary/aromatic N) is 3. The van der Waals surface area contributed by atoms with Crippen molar-refractivity contribution in [2.75, 3.05) is 5.32 Å². The Morgan fingerprint density at radius 2 is 1.71 bits per heavy atom. The highest BCUT2D eigenvalue weighted by atomic mass is 35.5. The third kappa shape index (κ3) is 2.53. The number of anilines is 1. The number of hydrogen-bond acceptors (Lipinski definition) is 4. The molecule has 0 unspecified atom stereocenters. The van der Waals surface area contributed by atoms with Gasteiger partial charge in [-0.15, -0.1) is 0 Å². The second-order valence-electron chi connectivity index (χ2n) is 7.69. The Morgan fingerprint density at radius 1 is 0.968 bits per heavy atom. The van der Waals surface area contributed by atoms with Gasteiger partial charge in [0.25, 0.3) is 0 Å². The summed E-state index contributed by atoms with van der Waals surface area (Å²) in [6.45, 7) is 1.96. The predicted molar refractivity (Wildman–Crippen MR) is 121 cm³/mol. The predicted octanol–water partition coefficient (Wildman–Crippen LogP) is 5.39. The molecule has 150 valence electrons. The van der Waals surface area contributed by atoms with Crippen molar-refractivity contribution >= 4 is 28.9 Å². The van der Waals surface area contributed by atoms with E-state index in [1.807, 2.05) is 78.3 Å². The van der Waals surface area contributed by atoms with Crippen LogP contribution in [0.5, 0.6) is 0 Å². The first kappa shape index (κ1) is 18.1. The van der Waals surface area contributed by atoms with Crippen molar-refractivity contribution in [2.45, 2.75) is 12.8 Å². The Morgan fingerprint density at radius 3 is 2.48 bits per heavy atom. The molecule has 0 saturated carbocycles. The molecule has 1 N–H and O–H groups in total. The number of carbonyl (C=O) groups excluding carboxylic acids is 1. The van der Waals surface area contributed by atoms with E-state index in [1.165, 1.54) is 0 Å². The third-order valence-corrected chi connectivity index (χ3v) is 6.31. The Labute approximate surface area is 184 Å². The first-order valence-electron chi connectivity index (χ1n) is 10.1. The third-order valence-electron chi connectivity index (χ3n) is 5.96. The van der Waals surface area contributed by atoms with Crippen molar-refractivity contribution in [3.05, 3.63) is 111 Å². The van der Waals surface area contributed by atoms with E-state index < -0.39 is 0 Å². The van der Waals surface area contributed by atoms with Crippen molar-refractivity contribution in [3.8, 4) is 5.82 Å². The molecule has 1 aliphatic heterocycles. The Kier molecular flexibility index (Phi) is 3.88. The number of halogens is 1. The van der Waals surface area contributed by atoms with Crippen LogP contribution in [0.25, 0.3) is 11.5 Å². The standard InChI is InChI=1S/C25H17ClN4O/c1-14-20-21(17-10-4-5-11-18(17)26)22-23(15-8-2-3-9-16(15)24(22)31)28-25(20)30(29-14)19-12-6-7-13-27-19/h2-13,21,28H,1H3/t21-/m0/s1. The van der Waals surface area contributed by atoms with Gasteiger partial charge in [0, 0.05) is 39.4 Å². The number of allylic oxidation sites excluding steroid dienone is 1. The van der Waals surface area contributed by atoms with Crippen LogP contribution in [0.15, 0.2) is 78.5 Å². The van der Waals surface area contributed by atoms with Gasteiger partial charge in [0.15, 0.2) is 11.6 Å². The first-order valence-corrected chi connectivity index (χ1v) is 10.4. The van der Waals surface area contributed by atoms with Gasteiger partial charge >= 0.3 is 0 Å². The maximum atomic E-state index is 13.5. The van der Waals surface area contributed by atoms with Crippen LogP contribution in [0.4, 0.5) is 5.82 Å². The van der Waals surface area contributed by atoms with Gasteiger partial charge in [-0.3, -0.25) is 4.79 Å². The zero-order valence-corrected chi connectivity index (χ0v) is 17.4. The van der Waals surface area contributed by atoms with E-state index in [1.54, 1.807) is 6.20 Å². The fraction of sp³-hybridized carbons (Fsp3) is 0.0800. The van der Waals surface area contributed by atoms with E-state index in [9.17, 15) is 4.79 Å². The van der Waals surface area contributed by atoms with Crippen LogP contribution in [0.3, 0.4) is 0 Å². The average molecular weight is 425 g/mol. The lowest BCUT2D eigenvalue weighted by atomic mass is 9.81. The minimum absolute atomic E-state index is 0.0265. The number of benzene rings is 2. The van der Waals surface area contributed by atoms with Gasteiger partial charge in [-0.2, -0.15) is 9.78 Å². The molecule has 0 radical (unpaired) electrons. The number of Topliss-reactive ketones (excluding diaryl/α,β-unsaturated/α-hetero) is 1. The number of rotatable bonds is 2. The van der Waals surface area contributed by atoms with Gasteiger partial charge in [0.05, 0.1) is 11.4 Å². The molecule has 31 heavy (non-hydrogen) atoms. The normalized spacial score (nSPS) is 16.6. The van der Waals surface area contributed by atoms with Crippen LogP contribution in [0.2, 0.25) is 5.02 Å². The molecule has 4 aromatic rings. The molecule has 0 saturated heterocycles. The largest absolute Gasteiger partial charge is 0.339 e. The number of nitrogens with one attached hydrogen (secondary N) is 1. The van der Waals surface area contributed by atoms with E-state index in [0.29, 0.717) is 22.0 Å². The summed E-state index contributed by atoms with van der Waals surface area (Å²) >= 11 is 6.66. The van der Waals surface area contributed by atoms with Crippen molar-refractivity contribution in [1.29, 1.82) is 0 Å². The van der Waals surface area contributed by atoms with Gasteiger partial charge in [-0.05, 0) is 30.7 Å². The second-order valence-corrected chi connectivity index (χ2v) is 8.10. The summed E-state index contributed by atoms with van der Waals surface area (Å²) in [7, 11) is 0. The summed E-state index contributed by atoms with van der Waals surface area (Å²) in [5, 5.41) is 8.94. The lowest BCUT2D eigenvalue weighted by Gasteiger charge is -2.28. The molecule has 1 atom stereocenters. The highest BCUT2D eigenvalue weighted by Gasteiger charge is 2.43. The number of aryl methyl sites for hydroxylation is 1. The number of ketones is 1. The van der Waals surface area contributed by atoms with Gasteiger partial charge < -0.3 is 5.32 Å². The molecule has 1 aliphatic carbocycles. The van der Waals surface area contributed by atoms with E-state index in [0.717, 1.165) is 33.9 Å². The molecule has 6 heteroatoms. The van der Waals surface area contributed by atoms with Crippen LogP contribution < -0.4 is 5.32 Å². The quantitative estimate of drug-likeness (QED) is 0.468. The van der Waals surface area contributed by atoms with Crippen LogP contribution in [-0.4, -0.2) is 20.5 Å². The molecule has 6 rings (SSSR count). The lowest BCUT2D eigenvalue weighted by molar-refractivity contribution is 0.103. The Hall–Kier alpha value is -3.70. The van der Waals surface area contributed by atoms with Gasteiger partial charge in [-0.1, -0.05) is 60.1 Å². The van der Waals surface area contributed by atoms with E-state index >= 15 is 0 Å². The highest BCUT2D eigenvalue weighted by molar-refractivity contribution is 6.32. The van der Waals surface area contributed by atoms with E-state index in [2.05, 4.69) is 10.3 Å². The Balaban J connectivity index is 1.66. The average Bonchev–Trinajstić information content (AvgIpc) is 3.29. The molecular formula is C25H17ClN4O. The summed E-state index contributed by atoms with van der Waals surface area (Å²) in [4.78, 5) is 18.0. The maximum absolute atomic E-state index is 13.5. The van der Waals surface area contributed by atoms with Crippen LogP contribution >= 0.6 is 11.6 Å². The molecule has 2 aliphatic rings. The molecule has 0 fully saturated rings. The molecule has 0 spiro atoms. The lowest BCUT2D eigenvalue weighted by Crippen LogP contribution is -2.20. The first-order chi connectivity index (χ1) is 15.1. The minimum Gasteiger partial charge on any atom is -0.339 e. The summed E-state index contributed by atoms with van der Waals surface area (Å²) in [5.74, 6) is 1.22. The number of fused-ring (bicyclic) bond motifs is 3. The van der Waals surface area contributed by atoms with Crippen molar-refractivity contribution in [3.63, 3.8) is 0 Å². The fourth-order valence-corrected chi connectivity index (χ4v) is 4.89. The fourth-order valence-electron chi connectivity index (χ4n) is 4.65. The zero-order chi connectivity index (χ0) is 21.1. The summed E-state index contributed by atoms with van der Waals surface area (Å²) in [6, 6.07) is 21.1. The summed E-state index contributed by atoms with van der Waals surface area (Å²) in [6.07, 6.45) is 1.74. The van der Waals surface area contributed by atoms with Gasteiger partial charge in [-0.25, -0.2) is 4.98 Å². The monoisotopic (exact) mass is 424 g/mol. The van der Waals surface area contributed by atoms with Crippen molar-refractivity contribution in [2.24, 2.45) is 0 Å². The van der Waals surface area contributed by atoms with Crippen molar-refractivity contribution < 1.29 is 4.79 Å². The topological polar surface area (TPSA) is 59.8 Å². The molecule has 2 aromatic heterocycles. The van der Waals surface area contributed by atoms with E-state index in [-0.39, 0.29) is 11.7 Å². The molecular weight excluding hydrogens is 408 g/mol. The van der Waals surface area contributed by atoms with Crippen LogP contribution in [0.1, 0.15) is 38.7 Å². The zero-order valence-electron chi connectivity index (χ0n) is 16.6. The van der Waals surface area contributed by atoms with Gasteiger partial charge in [0.2, 0.25) is 0 Å². The number of hydrogen-bond donors (Lipinski definition) is 1. The second kappa shape index (κ2) is 6.65. The summed E-state index contributed by atoms with van der Waals surface area (Å²) < 4.78 is 1.81. The number of pyridine rings is 1. The van der Waals surface area contributed by atoms with Crippen molar-refractivity contribution in [1.82, 2.24) is 14.8 Å². The summed E-state index contributed by atoms with van der Waals surface area (Å²) in [5.41, 5.74) is 5.80. The smallest absolute Gasteiger partial charge is 0.192 e.